The molecule has 25 heavy (non-hydrogen) atoms. The molecule has 0 unspecified atom stereocenters. The standard InChI is InChI=1S/C18H12BrFN2O3/c1-21-14-7-4-12(20)8-10(14)9-22(13-5-2-11(19)3-6-13)16-15(21)17(23)25-18(16)24/h2-8H,9H2,1H3. The predicted molar refractivity (Wildman–Crippen MR) is 93.3 cm³/mol. The van der Waals surface area contributed by atoms with Gasteiger partial charge in [-0.15, -0.1) is 0 Å². The lowest BCUT2D eigenvalue weighted by Crippen LogP contribution is -2.26. The van der Waals surface area contributed by atoms with Gasteiger partial charge in [-0.05, 0) is 48.0 Å². The molecule has 4 rings (SSSR count). The van der Waals surface area contributed by atoms with Crippen LogP contribution in [0.15, 0.2) is 58.3 Å². The minimum atomic E-state index is -0.707. The number of anilines is 2. The molecule has 0 saturated heterocycles. The zero-order valence-corrected chi connectivity index (χ0v) is 14.7. The number of hydrogen-bond acceptors (Lipinski definition) is 5. The number of benzene rings is 2. The van der Waals surface area contributed by atoms with Crippen molar-refractivity contribution < 1.29 is 18.7 Å². The average Bonchev–Trinajstić information content (AvgIpc) is 2.79. The van der Waals surface area contributed by atoms with Gasteiger partial charge in [0.05, 0.1) is 6.54 Å². The van der Waals surface area contributed by atoms with Gasteiger partial charge in [0.15, 0.2) is 11.4 Å². The van der Waals surface area contributed by atoms with E-state index >= 15 is 0 Å². The largest absolute Gasteiger partial charge is 0.383 e. The van der Waals surface area contributed by atoms with E-state index in [2.05, 4.69) is 15.9 Å². The molecule has 0 spiro atoms. The molecule has 0 amide bonds. The third kappa shape index (κ3) is 2.51. The van der Waals surface area contributed by atoms with E-state index in [9.17, 15) is 14.0 Å². The van der Waals surface area contributed by atoms with Crippen LogP contribution in [0.25, 0.3) is 0 Å². The number of halogens is 2. The molecule has 0 aliphatic carbocycles. The van der Waals surface area contributed by atoms with Crippen LogP contribution in [0.5, 0.6) is 0 Å². The summed E-state index contributed by atoms with van der Waals surface area (Å²) in [5.74, 6) is -1.79. The van der Waals surface area contributed by atoms with Gasteiger partial charge in [-0.25, -0.2) is 14.0 Å². The molecule has 2 aliphatic heterocycles. The molecule has 2 aliphatic rings. The van der Waals surface area contributed by atoms with Gasteiger partial charge in [-0.3, -0.25) is 0 Å². The van der Waals surface area contributed by atoms with E-state index < -0.39 is 11.9 Å². The second-order valence-electron chi connectivity index (χ2n) is 5.77. The van der Waals surface area contributed by atoms with Gasteiger partial charge < -0.3 is 14.5 Å². The number of carbonyl (C=O) groups is 2. The van der Waals surface area contributed by atoms with Crippen molar-refractivity contribution in [2.24, 2.45) is 0 Å². The molecular weight excluding hydrogens is 391 g/mol. The maximum atomic E-state index is 13.8. The summed E-state index contributed by atoms with van der Waals surface area (Å²) in [5, 5.41) is 0. The Labute approximate surface area is 151 Å². The lowest BCUT2D eigenvalue weighted by atomic mass is 10.1. The molecular formula is C18H12BrFN2O3. The summed E-state index contributed by atoms with van der Waals surface area (Å²) in [6, 6.07) is 11.6. The summed E-state index contributed by atoms with van der Waals surface area (Å²) in [6.07, 6.45) is 0. The normalized spacial score (nSPS) is 16.6. The SMILES string of the molecule is CN1C2=C(C(=O)OC2=O)N(c2ccc(Br)cc2)Cc2cc(F)ccc21. The van der Waals surface area contributed by atoms with E-state index in [1.165, 1.54) is 12.1 Å². The quantitative estimate of drug-likeness (QED) is 0.540. The molecule has 0 aromatic heterocycles. The summed E-state index contributed by atoms with van der Waals surface area (Å²) in [4.78, 5) is 27.8. The molecule has 2 heterocycles. The Morgan fingerprint density at radius 2 is 1.72 bits per heavy atom. The molecule has 2 aromatic rings. The van der Waals surface area contributed by atoms with Crippen molar-refractivity contribution in [3.8, 4) is 0 Å². The third-order valence-electron chi connectivity index (χ3n) is 4.27. The molecule has 5 nitrogen and oxygen atoms in total. The van der Waals surface area contributed by atoms with Crippen LogP contribution < -0.4 is 9.80 Å². The van der Waals surface area contributed by atoms with Crippen LogP contribution in [0.1, 0.15) is 5.56 Å². The Balaban J connectivity index is 1.95. The van der Waals surface area contributed by atoms with Gasteiger partial charge in [-0.1, -0.05) is 15.9 Å². The molecule has 0 fully saturated rings. The highest BCUT2D eigenvalue weighted by atomic mass is 79.9. The summed E-state index contributed by atoms with van der Waals surface area (Å²) in [7, 11) is 1.66. The number of carbonyl (C=O) groups excluding carboxylic acids is 2. The first-order valence-corrected chi connectivity index (χ1v) is 8.31. The lowest BCUT2D eigenvalue weighted by molar-refractivity contribution is -0.151. The van der Waals surface area contributed by atoms with E-state index in [1.807, 2.05) is 24.3 Å². The Hall–Kier alpha value is -2.67. The fraction of sp³-hybridized carbons (Fsp3) is 0.111. The summed E-state index contributed by atoms with van der Waals surface area (Å²) in [5.41, 5.74) is 2.33. The zero-order chi connectivity index (χ0) is 17.7. The first-order valence-electron chi connectivity index (χ1n) is 7.52. The van der Waals surface area contributed by atoms with Gasteiger partial charge in [0.2, 0.25) is 0 Å². The van der Waals surface area contributed by atoms with E-state index in [0.29, 0.717) is 16.9 Å². The number of ether oxygens (including phenoxy) is 1. The summed E-state index contributed by atoms with van der Waals surface area (Å²) in [6.45, 7) is 0.236. The fourth-order valence-electron chi connectivity index (χ4n) is 3.13. The zero-order valence-electron chi connectivity index (χ0n) is 13.1. The molecule has 0 atom stereocenters. The monoisotopic (exact) mass is 402 g/mol. The predicted octanol–water partition coefficient (Wildman–Crippen LogP) is 3.34. The van der Waals surface area contributed by atoms with E-state index in [-0.39, 0.29) is 23.8 Å². The lowest BCUT2D eigenvalue weighted by Gasteiger charge is -2.23. The molecule has 0 N–H and O–H groups in total. The Kier molecular flexibility index (Phi) is 3.61. The van der Waals surface area contributed by atoms with Crippen molar-refractivity contribution in [2.45, 2.75) is 6.54 Å². The van der Waals surface area contributed by atoms with Crippen molar-refractivity contribution in [3.63, 3.8) is 0 Å². The van der Waals surface area contributed by atoms with Crippen LogP contribution in [0, 0.1) is 5.82 Å². The highest BCUT2D eigenvalue weighted by molar-refractivity contribution is 9.10. The number of esters is 2. The molecule has 0 bridgehead atoms. The van der Waals surface area contributed by atoms with Crippen LogP contribution in [0.2, 0.25) is 0 Å². The van der Waals surface area contributed by atoms with Gasteiger partial charge in [0.1, 0.15) is 5.82 Å². The minimum absolute atomic E-state index is 0.151. The molecule has 126 valence electrons. The Bertz CT molecular complexity index is 940. The molecule has 0 radical (unpaired) electrons. The third-order valence-corrected chi connectivity index (χ3v) is 4.80. The van der Waals surface area contributed by atoms with Crippen molar-refractivity contribution in [1.29, 1.82) is 0 Å². The number of hydrogen-bond donors (Lipinski definition) is 0. The maximum absolute atomic E-state index is 13.8. The number of likely N-dealkylation sites (N-methyl/N-ethyl adjacent to an activating group) is 1. The van der Waals surface area contributed by atoms with Crippen LogP contribution in [0.4, 0.5) is 15.8 Å². The summed E-state index contributed by atoms with van der Waals surface area (Å²) < 4.78 is 19.5. The van der Waals surface area contributed by atoms with Gasteiger partial charge in [0.25, 0.3) is 0 Å². The topological polar surface area (TPSA) is 49.9 Å². The fourth-order valence-corrected chi connectivity index (χ4v) is 3.39. The number of rotatable bonds is 1. The first kappa shape index (κ1) is 15.8. The number of fused-ring (bicyclic) bond motifs is 1. The highest BCUT2D eigenvalue weighted by Gasteiger charge is 2.42. The van der Waals surface area contributed by atoms with Gasteiger partial charge in [-0.2, -0.15) is 0 Å². The van der Waals surface area contributed by atoms with Crippen molar-refractivity contribution in [1.82, 2.24) is 0 Å². The second-order valence-corrected chi connectivity index (χ2v) is 6.68. The highest BCUT2D eigenvalue weighted by Crippen LogP contribution is 2.38. The second kappa shape index (κ2) is 5.70. The number of nitrogens with zero attached hydrogens (tertiary/aromatic N) is 2. The molecule has 2 aromatic carbocycles. The van der Waals surface area contributed by atoms with E-state index in [4.69, 9.17) is 4.74 Å². The first-order chi connectivity index (χ1) is 12.0. The van der Waals surface area contributed by atoms with Crippen molar-refractivity contribution in [3.05, 3.63) is 69.7 Å². The van der Waals surface area contributed by atoms with Crippen molar-refractivity contribution >= 4 is 39.2 Å². The Morgan fingerprint density at radius 3 is 2.44 bits per heavy atom. The van der Waals surface area contributed by atoms with E-state index in [1.54, 1.807) is 22.9 Å². The Morgan fingerprint density at radius 1 is 1.04 bits per heavy atom. The minimum Gasteiger partial charge on any atom is -0.383 e. The number of cyclic esters (lactones) is 2. The summed E-state index contributed by atoms with van der Waals surface area (Å²) >= 11 is 3.37. The smallest absolute Gasteiger partial charge is 0.365 e. The van der Waals surface area contributed by atoms with Crippen LogP contribution in [-0.4, -0.2) is 19.0 Å². The van der Waals surface area contributed by atoms with Gasteiger partial charge in [0, 0.05) is 22.9 Å². The molecule has 7 heteroatoms. The van der Waals surface area contributed by atoms with E-state index in [0.717, 1.165) is 4.47 Å². The molecule has 0 saturated carbocycles. The average molecular weight is 403 g/mol. The van der Waals surface area contributed by atoms with Crippen LogP contribution in [0.3, 0.4) is 0 Å². The van der Waals surface area contributed by atoms with Crippen molar-refractivity contribution in [2.75, 3.05) is 16.8 Å². The van der Waals surface area contributed by atoms with Gasteiger partial charge >= 0.3 is 11.9 Å². The maximum Gasteiger partial charge on any atom is 0.365 e. The van der Waals surface area contributed by atoms with Crippen LogP contribution >= 0.6 is 15.9 Å². The van der Waals surface area contributed by atoms with Crippen LogP contribution in [-0.2, 0) is 20.9 Å².